The van der Waals surface area contributed by atoms with Gasteiger partial charge in [0.2, 0.25) is 5.82 Å². The molecule has 0 unspecified atom stereocenters. The molecule has 0 radical (unpaired) electrons. The average Bonchev–Trinajstić information content (AvgIpc) is 2.94. The van der Waals surface area contributed by atoms with Crippen LogP contribution in [0.15, 0.2) is 22.0 Å². The Labute approximate surface area is 94.9 Å². The highest BCUT2D eigenvalue weighted by atomic mass is 32.1. The molecule has 0 fully saturated rings. The second kappa shape index (κ2) is 4.86. The van der Waals surface area contributed by atoms with Gasteiger partial charge in [-0.3, -0.25) is 4.79 Å². The van der Waals surface area contributed by atoms with E-state index in [0.717, 1.165) is 4.88 Å². The summed E-state index contributed by atoms with van der Waals surface area (Å²) in [5, 5.41) is 16.5. The number of aliphatic hydroxyl groups excluding tert-OH is 1. The molecule has 6 nitrogen and oxygen atoms in total. The van der Waals surface area contributed by atoms with E-state index < -0.39 is 5.91 Å². The minimum atomic E-state index is -0.482. The Bertz CT molecular complexity index is 466. The Kier molecular flexibility index (Phi) is 3.28. The van der Waals surface area contributed by atoms with E-state index in [1.54, 1.807) is 0 Å². The zero-order valence-electron chi connectivity index (χ0n) is 8.21. The van der Waals surface area contributed by atoms with Crippen LogP contribution in [0.4, 0.5) is 0 Å². The molecule has 0 aliphatic carbocycles. The molecule has 2 rings (SSSR count). The summed E-state index contributed by atoms with van der Waals surface area (Å²) < 4.78 is 4.80. The van der Waals surface area contributed by atoms with Crippen LogP contribution in [-0.4, -0.2) is 34.3 Å². The standard InChI is InChI=1S/C9H9N3O3S/c13-4-3-10-8(14)9-11-7(12-15-9)6-2-1-5-16-6/h1-2,5,13H,3-4H2,(H,10,14). The Balaban J connectivity index is 2.11. The number of thiophene rings is 1. The van der Waals surface area contributed by atoms with Crippen LogP contribution in [0.3, 0.4) is 0 Å². The molecule has 16 heavy (non-hydrogen) atoms. The molecular weight excluding hydrogens is 230 g/mol. The van der Waals surface area contributed by atoms with Crippen LogP contribution in [0.2, 0.25) is 0 Å². The van der Waals surface area contributed by atoms with E-state index in [9.17, 15) is 4.79 Å². The molecule has 0 spiro atoms. The van der Waals surface area contributed by atoms with E-state index in [1.807, 2.05) is 17.5 Å². The summed E-state index contributed by atoms with van der Waals surface area (Å²) >= 11 is 1.46. The molecule has 0 saturated carbocycles. The molecule has 0 aliphatic heterocycles. The van der Waals surface area contributed by atoms with Crippen LogP contribution < -0.4 is 5.32 Å². The lowest BCUT2D eigenvalue weighted by atomic mass is 10.4. The largest absolute Gasteiger partial charge is 0.395 e. The quantitative estimate of drug-likeness (QED) is 0.812. The lowest BCUT2D eigenvalue weighted by Gasteiger charge is -1.95. The van der Waals surface area contributed by atoms with Crippen LogP contribution in [-0.2, 0) is 0 Å². The highest BCUT2D eigenvalue weighted by Crippen LogP contribution is 2.20. The van der Waals surface area contributed by atoms with Gasteiger partial charge in [-0.05, 0) is 11.4 Å². The maximum absolute atomic E-state index is 11.4. The third-order valence-corrected chi connectivity index (χ3v) is 2.63. The molecule has 2 aromatic rings. The fourth-order valence-corrected chi connectivity index (χ4v) is 1.72. The van der Waals surface area contributed by atoms with Gasteiger partial charge in [0.15, 0.2) is 0 Å². The molecule has 2 heterocycles. The van der Waals surface area contributed by atoms with E-state index in [0.29, 0.717) is 5.82 Å². The van der Waals surface area contributed by atoms with Gasteiger partial charge >= 0.3 is 11.8 Å². The number of hydrogen-bond donors (Lipinski definition) is 2. The van der Waals surface area contributed by atoms with Gasteiger partial charge in [-0.1, -0.05) is 11.2 Å². The number of carbonyl (C=O) groups excluding carboxylic acids is 1. The first-order chi connectivity index (χ1) is 7.81. The number of nitrogens with zero attached hydrogens (tertiary/aromatic N) is 2. The minimum absolute atomic E-state index is 0.100. The number of rotatable bonds is 4. The van der Waals surface area contributed by atoms with Crippen LogP contribution in [0.5, 0.6) is 0 Å². The minimum Gasteiger partial charge on any atom is -0.395 e. The molecule has 2 aromatic heterocycles. The monoisotopic (exact) mass is 239 g/mol. The maximum Gasteiger partial charge on any atom is 0.316 e. The maximum atomic E-state index is 11.4. The molecule has 1 amide bonds. The Morgan fingerprint density at radius 1 is 1.62 bits per heavy atom. The molecule has 0 aromatic carbocycles. The summed E-state index contributed by atoms with van der Waals surface area (Å²) in [5.74, 6) is -0.189. The predicted octanol–water partition coefficient (Wildman–Crippen LogP) is 0.520. The van der Waals surface area contributed by atoms with Gasteiger partial charge in [0.25, 0.3) is 0 Å². The van der Waals surface area contributed by atoms with Crippen molar-refractivity contribution in [1.29, 1.82) is 0 Å². The molecule has 0 saturated heterocycles. The lowest BCUT2D eigenvalue weighted by molar-refractivity contribution is 0.0901. The van der Waals surface area contributed by atoms with E-state index in [2.05, 4.69) is 15.5 Å². The number of aromatic nitrogens is 2. The first-order valence-corrected chi connectivity index (χ1v) is 5.46. The van der Waals surface area contributed by atoms with Gasteiger partial charge in [0.1, 0.15) is 0 Å². The van der Waals surface area contributed by atoms with Crippen molar-refractivity contribution in [3.63, 3.8) is 0 Å². The third-order valence-electron chi connectivity index (χ3n) is 1.76. The Morgan fingerprint density at radius 2 is 2.50 bits per heavy atom. The first kappa shape index (κ1) is 10.8. The lowest BCUT2D eigenvalue weighted by Crippen LogP contribution is -2.26. The summed E-state index contributed by atoms with van der Waals surface area (Å²) in [7, 11) is 0. The van der Waals surface area contributed by atoms with Gasteiger partial charge in [-0.2, -0.15) is 4.98 Å². The first-order valence-electron chi connectivity index (χ1n) is 4.58. The summed E-state index contributed by atoms with van der Waals surface area (Å²) in [6, 6.07) is 3.70. The highest BCUT2D eigenvalue weighted by Gasteiger charge is 2.15. The predicted molar refractivity (Wildman–Crippen MR) is 57.0 cm³/mol. The molecule has 7 heteroatoms. The van der Waals surface area contributed by atoms with Crippen molar-refractivity contribution in [3.05, 3.63) is 23.4 Å². The van der Waals surface area contributed by atoms with Crippen molar-refractivity contribution in [3.8, 4) is 10.7 Å². The Hall–Kier alpha value is -1.73. The SMILES string of the molecule is O=C(NCCO)c1nc(-c2cccs2)no1. The fourth-order valence-electron chi connectivity index (χ4n) is 1.07. The number of aliphatic hydroxyl groups is 1. The Morgan fingerprint density at radius 3 is 3.19 bits per heavy atom. The van der Waals surface area contributed by atoms with Crippen molar-refractivity contribution in [1.82, 2.24) is 15.5 Å². The second-order valence-electron chi connectivity index (χ2n) is 2.88. The van der Waals surface area contributed by atoms with Gasteiger partial charge in [-0.25, -0.2) is 0 Å². The number of hydrogen-bond acceptors (Lipinski definition) is 6. The number of carbonyl (C=O) groups is 1. The smallest absolute Gasteiger partial charge is 0.316 e. The highest BCUT2D eigenvalue weighted by molar-refractivity contribution is 7.13. The summed E-state index contributed by atoms with van der Waals surface area (Å²) in [6.07, 6.45) is 0. The molecule has 0 atom stereocenters. The fraction of sp³-hybridized carbons (Fsp3) is 0.222. The topological polar surface area (TPSA) is 88.2 Å². The summed E-state index contributed by atoms with van der Waals surface area (Å²) in [6.45, 7) is 0.0349. The molecule has 0 aliphatic rings. The van der Waals surface area contributed by atoms with Crippen molar-refractivity contribution >= 4 is 17.2 Å². The van der Waals surface area contributed by atoms with Crippen molar-refractivity contribution in [2.45, 2.75) is 0 Å². The zero-order valence-corrected chi connectivity index (χ0v) is 9.03. The average molecular weight is 239 g/mol. The van der Waals surface area contributed by atoms with Crippen molar-refractivity contribution < 1.29 is 14.4 Å². The molecular formula is C9H9N3O3S. The normalized spacial score (nSPS) is 10.3. The number of amides is 1. The van der Waals surface area contributed by atoms with Crippen LogP contribution in [0.25, 0.3) is 10.7 Å². The van der Waals surface area contributed by atoms with Gasteiger partial charge < -0.3 is 14.9 Å². The number of nitrogens with one attached hydrogen (secondary N) is 1. The zero-order chi connectivity index (χ0) is 11.4. The second-order valence-corrected chi connectivity index (χ2v) is 3.83. The summed E-state index contributed by atoms with van der Waals surface area (Å²) in [5.41, 5.74) is 0. The van der Waals surface area contributed by atoms with E-state index >= 15 is 0 Å². The molecule has 2 N–H and O–H groups in total. The third kappa shape index (κ3) is 2.26. The summed E-state index contributed by atoms with van der Waals surface area (Å²) in [4.78, 5) is 16.2. The van der Waals surface area contributed by atoms with Gasteiger partial charge in [0, 0.05) is 6.54 Å². The van der Waals surface area contributed by atoms with E-state index in [-0.39, 0.29) is 19.0 Å². The van der Waals surface area contributed by atoms with Crippen LogP contribution in [0.1, 0.15) is 10.7 Å². The van der Waals surface area contributed by atoms with Crippen molar-refractivity contribution in [2.24, 2.45) is 0 Å². The molecule has 84 valence electrons. The molecule has 0 bridgehead atoms. The van der Waals surface area contributed by atoms with Gasteiger partial charge in [0.05, 0.1) is 11.5 Å². The van der Waals surface area contributed by atoms with Crippen LogP contribution >= 0.6 is 11.3 Å². The van der Waals surface area contributed by atoms with Crippen LogP contribution in [0, 0.1) is 0 Å². The van der Waals surface area contributed by atoms with E-state index in [1.165, 1.54) is 11.3 Å². The van der Waals surface area contributed by atoms with Crippen molar-refractivity contribution in [2.75, 3.05) is 13.2 Å². The van der Waals surface area contributed by atoms with Gasteiger partial charge in [-0.15, -0.1) is 11.3 Å². The van der Waals surface area contributed by atoms with E-state index in [4.69, 9.17) is 9.63 Å².